The summed E-state index contributed by atoms with van der Waals surface area (Å²) in [5, 5.41) is 9.18. The van der Waals surface area contributed by atoms with E-state index >= 15 is 0 Å². The second-order valence-corrected chi connectivity index (χ2v) is 5.11. The molecule has 0 atom stereocenters. The van der Waals surface area contributed by atoms with Crippen molar-refractivity contribution < 1.29 is 4.74 Å². The lowest BCUT2D eigenvalue weighted by molar-refractivity contribution is 0.208. The van der Waals surface area contributed by atoms with Gasteiger partial charge >= 0.3 is 0 Å². The molecular weight excluding hydrogens is 401 g/mol. The Kier molecular flexibility index (Phi) is 9.63. The molecular formula is C18H26IN3O. The van der Waals surface area contributed by atoms with E-state index < -0.39 is 0 Å². The predicted octanol–water partition coefficient (Wildman–Crippen LogP) is 3.20. The van der Waals surface area contributed by atoms with Crippen molar-refractivity contribution in [3.05, 3.63) is 48.0 Å². The first-order chi connectivity index (χ1) is 10.8. The van der Waals surface area contributed by atoms with Crippen LogP contribution in [0.5, 0.6) is 0 Å². The van der Waals surface area contributed by atoms with E-state index in [1.165, 1.54) is 16.3 Å². The van der Waals surface area contributed by atoms with E-state index in [0.29, 0.717) is 13.2 Å². The fraction of sp³-hybridized carbons (Fsp3) is 0.389. The molecule has 0 unspecified atom stereocenters. The molecule has 0 fully saturated rings. The molecule has 0 aliphatic rings. The minimum Gasteiger partial charge on any atom is -0.383 e. The van der Waals surface area contributed by atoms with Gasteiger partial charge in [0.25, 0.3) is 0 Å². The van der Waals surface area contributed by atoms with E-state index in [9.17, 15) is 0 Å². The molecule has 126 valence electrons. The molecule has 4 nitrogen and oxygen atoms in total. The van der Waals surface area contributed by atoms with Gasteiger partial charge in [-0.1, -0.05) is 42.5 Å². The molecule has 0 radical (unpaired) electrons. The number of nitrogens with one attached hydrogen (secondary N) is 2. The van der Waals surface area contributed by atoms with E-state index in [1.807, 2.05) is 0 Å². The van der Waals surface area contributed by atoms with Crippen LogP contribution < -0.4 is 10.6 Å². The van der Waals surface area contributed by atoms with Gasteiger partial charge in [0.1, 0.15) is 0 Å². The third-order valence-corrected chi connectivity index (χ3v) is 3.43. The van der Waals surface area contributed by atoms with E-state index in [2.05, 4.69) is 65.0 Å². The van der Waals surface area contributed by atoms with Crippen molar-refractivity contribution in [3.63, 3.8) is 0 Å². The Labute approximate surface area is 155 Å². The fourth-order valence-electron chi connectivity index (χ4n) is 2.31. The summed E-state index contributed by atoms with van der Waals surface area (Å²) in [5.41, 5.74) is 1.33. The maximum atomic E-state index is 5.02. The Hall–Kier alpha value is -1.34. The number of guanidine groups is 1. The summed E-state index contributed by atoms with van der Waals surface area (Å²) in [4.78, 5) is 4.45. The van der Waals surface area contributed by atoms with Crippen LogP contribution in [0.2, 0.25) is 0 Å². The summed E-state index contributed by atoms with van der Waals surface area (Å²) in [7, 11) is 1.69. The van der Waals surface area contributed by atoms with Crippen molar-refractivity contribution in [2.24, 2.45) is 4.99 Å². The summed E-state index contributed by atoms with van der Waals surface area (Å²) in [6, 6.07) is 15.1. The van der Waals surface area contributed by atoms with Gasteiger partial charge in [0, 0.05) is 20.2 Å². The Bertz CT molecular complexity index is 616. The third-order valence-electron chi connectivity index (χ3n) is 3.43. The molecule has 2 rings (SSSR count). The van der Waals surface area contributed by atoms with Crippen LogP contribution in [0.1, 0.15) is 12.5 Å². The predicted molar refractivity (Wildman–Crippen MR) is 109 cm³/mol. The Morgan fingerprint density at radius 1 is 1.09 bits per heavy atom. The molecule has 5 heteroatoms. The maximum absolute atomic E-state index is 5.02. The number of halogens is 1. The van der Waals surface area contributed by atoms with Crippen LogP contribution >= 0.6 is 24.0 Å². The lowest BCUT2D eigenvalue weighted by Crippen LogP contribution is -2.38. The summed E-state index contributed by atoms with van der Waals surface area (Å²) in [6.45, 7) is 5.09. The van der Waals surface area contributed by atoms with Crippen molar-refractivity contribution in [1.29, 1.82) is 0 Å². The first kappa shape index (κ1) is 19.7. The normalized spacial score (nSPS) is 11.1. The highest BCUT2D eigenvalue weighted by Gasteiger charge is 1.99. The zero-order valence-electron chi connectivity index (χ0n) is 13.8. The van der Waals surface area contributed by atoms with Gasteiger partial charge < -0.3 is 15.4 Å². The van der Waals surface area contributed by atoms with E-state index in [4.69, 9.17) is 4.74 Å². The first-order valence-corrected chi connectivity index (χ1v) is 7.82. The second-order valence-electron chi connectivity index (χ2n) is 5.11. The number of aliphatic imine (C=N–C) groups is 1. The standard InChI is InChI=1S/C18H25N3O.HI/c1-3-19-18(21-12-13-22-2)20-11-10-15-8-9-16-6-4-5-7-17(16)14-15;/h4-9,14H,3,10-13H2,1-2H3,(H2,19,20,21);1H. The number of methoxy groups -OCH3 is 1. The molecule has 2 N–H and O–H groups in total. The average Bonchev–Trinajstić information content (AvgIpc) is 2.55. The van der Waals surface area contributed by atoms with E-state index in [-0.39, 0.29) is 24.0 Å². The number of benzene rings is 2. The lowest BCUT2D eigenvalue weighted by Gasteiger charge is -2.11. The van der Waals surface area contributed by atoms with Crippen LogP contribution in [-0.2, 0) is 11.2 Å². The van der Waals surface area contributed by atoms with E-state index in [1.54, 1.807) is 7.11 Å². The highest BCUT2D eigenvalue weighted by molar-refractivity contribution is 14.0. The number of nitrogens with zero attached hydrogens (tertiary/aromatic N) is 1. The zero-order valence-corrected chi connectivity index (χ0v) is 16.2. The summed E-state index contributed by atoms with van der Waals surface area (Å²) < 4.78 is 5.02. The number of fused-ring (bicyclic) bond motifs is 1. The molecule has 23 heavy (non-hydrogen) atoms. The van der Waals surface area contributed by atoms with Gasteiger partial charge in [0.2, 0.25) is 0 Å². The molecule has 0 bridgehead atoms. The molecule has 0 aliphatic carbocycles. The van der Waals surface area contributed by atoms with Crippen molar-refractivity contribution in [3.8, 4) is 0 Å². The Balaban J connectivity index is 0.00000264. The quantitative estimate of drug-likeness (QED) is 0.309. The SMILES string of the molecule is CCNC(=NCCOC)NCCc1ccc2ccccc2c1.I. The smallest absolute Gasteiger partial charge is 0.191 e. The highest BCUT2D eigenvalue weighted by Crippen LogP contribution is 2.15. The molecule has 0 aliphatic heterocycles. The number of rotatable bonds is 7. The summed E-state index contributed by atoms with van der Waals surface area (Å²) in [5.74, 6) is 0.848. The van der Waals surface area contributed by atoms with Gasteiger partial charge in [-0.3, -0.25) is 4.99 Å². The molecule has 2 aromatic carbocycles. The molecule has 0 saturated heterocycles. The van der Waals surface area contributed by atoms with Gasteiger partial charge in [-0.15, -0.1) is 24.0 Å². The van der Waals surface area contributed by atoms with E-state index in [0.717, 1.165) is 25.5 Å². The Morgan fingerprint density at radius 3 is 2.61 bits per heavy atom. The second kappa shape index (κ2) is 11.2. The monoisotopic (exact) mass is 427 g/mol. The topological polar surface area (TPSA) is 45.7 Å². The molecule has 0 spiro atoms. The minimum atomic E-state index is 0. The molecule has 2 aromatic rings. The zero-order chi connectivity index (χ0) is 15.6. The largest absolute Gasteiger partial charge is 0.383 e. The third kappa shape index (κ3) is 6.74. The fourth-order valence-corrected chi connectivity index (χ4v) is 2.31. The van der Waals surface area contributed by atoms with Crippen LogP contribution in [-0.4, -0.2) is 39.3 Å². The summed E-state index contributed by atoms with van der Waals surface area (Å²) >= 11 is 0. The molecule has 0 saturated carbocycles. The van der Waals surface area contributed by atoms with Gasteiger partial charge in [0.15, 0.2) is 5.96 Å². The van der Waals surface area contributed by atoms with Gasteiger partial charge in [0.05, 0.1) is 13.2 Å². The number of hydrogen-bond donors (Lipinski definition) is 2. The highest BCUT2D eigenvalue weighted by atomic mass is 127. The van der Waals surface area contributed by atoms with Gasteiger partial charge in [-0.05, 0) is 29.7 Å². The molecule has 0 amide bonds. The molecule has 0 heterocycles. The van der Waals surface area contributed by atoms with Crippen LogP contribution in [0.3, 0.4) is 0 Å². The van der Waals surface area contributed by atoms with Crippen LogP contribution in [0.15, 0.2) is 47.5 Å². The number of hydrogen-bond acceptors (Lipinski definition) is 2. The Morgan fingerprint density at radius 2 is 1.87 bits per heavy atom. The van der Waals surface area contributed by atoms with Crippen molar-refractivity contribution in [2.75, 3.05) is 33.4 Å². The van der Waals surface area contributed by atoms with Crippen molar-refractivity contribution in [2.45, 2.75) is 13.3 Å². The van der Waals surface area contributed by atoms with Crippen LogP contribution in [0, 0.1) is 0 Å². The average molecular weight is 427 g/mol. The van der Waals surface area contributed by atoms with Crippen molar-refractivity contribution >= 4 is 40.7 Å². The van der Waals surface area contributed by atoms with Crippen LogP contribution in [0.25, 0.3) is 10.8 Å². The van der Waals surface area contributed by atoms with Crippen molar-refractivity contribution in [1.82, 2.24) is 10.6 Å². The van der Waals surface area contributed by atoms with Gasteiger partial charge in [-0.2, -0.15) is 0 Å². The first-order valence-electron chi connectivity index (χ1n) is 7.82. The lowest BCUT2D eigenvalue weighted by atomic mass is 10.1. The van der Waals surface area contributed by atoms with Gasteiger partial charge in [-0.25, -0.2) is 0 Å². The number of ether oxygens (including phenoxy) is 1. The molecule has 0 aromatic heterocycles. The van der Waals surface area contributed by atoms with Crippen LogP contribution in [0.4, 0.5) is 0 Å². The minimum absolute atomic E-state index is 0. The maximum Gasteiger partial charge on any atom is 0.191 e. The summed E-state index contributed by atoms with van der Waals surface area (Å²) in [6.07, 6.45) is 0.972.